The van der Waals surface area contributed by atoms with E-state index >= 15 is 0 Å². The molecule has 2 nitrogen and oxygen atoms in total. The molecule has 1 N–H and O–H groups in total. The average molecular weight is 402 g/mol. The van der Waals surface area contributed by atoms with Crippen LogP contribution >= 0.6 is 11.6 Å². The third kappa shape index (κ3) is 3.54. The number of fused-ring (bicyclic) bond motifs is 3. The van der Waals surface area contributed by atoms with Crippen LogP contribution in [0.4, 0.5) is 5.69 Å². The average Bonchev–Trinajstić information content (AvgIpc) is 3.24. The maximum absolute atomic E-state index is 6.51. The summed E-state index contributed by atoms with van der Waals surface area (Å²) in [7, 11) is 0. The Hall–Kier alpha value is -2.71. The van der Waals surface area contributed by atoms with Gasteiger partial charge < -0.3 is 10.1 Å². The third-order valence-corrected chi connectivity index (χ3v) is 6.43. The normalized spacial score (nSPS) is 21.9. The van der Waals surface area contributed by atoms with Crippen molar-refractivity contribution >= 4 is 17.3 Å². The minimum atomic E-state index is 0.244. The van der Waals surface area contributed by atoms with Crippen molar-refractivity contribution in [1.82, 2.24) is 0 Å². The standard InChI is InChI=1S/C26H24ClNO/c1-17-8-10-18(11-9-17)16-29-20-14-12-19(13-15-20)25-22-5-2-4-21(22)23-6-3-7-24(27)26(23)28-25/h2-4,6-15,21-22,25,28H,5,16H2,1H3/t21-,22+,25-/m1/s1. The van der Waals surface area contributed by atoms with Gasteiger partial charge in [0.05, 0.1) is 16.8 Å². The van der Waals surface area contributed by atoms with Crippen LogP contribution < -0.4 is 10.1 Å². The fraction of sp³-hybridized carbons (Fsp3) is 0.231. The molecular weight excluding hydrogens is 378 g/mol. The second kappa shape index (κ2) is 7.61. The number of hydrogen-bond donors (Lipinski definition) is 1. The molecule has 0 aromatic heterocycles. The molecule has 3 heteroatoms. The summed E-state index contributed by atoms with van der Waals surface area (Å²) in [6.45, 7) is 2.68. The maximum atomic E-state index is 6.51. The van der Waals surface area contributed by atoms with E-state index in [0.717, 1.165) is 22.9 Å². The molecule has 3 atom stereocenters. The molecule has 3 aromatic rings. The number of rotatable bonds is 4. The second-order valence-corrected chi connectivity index (χ2v) is 8.43. The monoisotopic (exact) mass is 401 g/mol. The minimum absolute atomic E-state index is 0.244. The zero-order valence-corrected chi connectivity index (χ0v) is 17.2. The number of nitrogens with one attached hydrogen (secondary N) is 1. The highest BCUT2D eigenvalue weighted by Gasteiger charge is 2.38. The van der Waals surface area contributed by atoms with Crippen molar-refractivity contribution in [2.75, 3.05) is 5.32 Å². The number of hydrogen-bond acceptors (Lipinski definition) is 2. The Bertz CT molecular complexity index is 1040. The number of ether oxygens (including phenoxy) is 1. The van der Waals surface area contributed by atoms with Gasteiger partial charge in [0, 0.05) is 5.92 Å². The highest BCUT2D eigenvalue weighted by atomic mass is 35.5. The Morgan fingerprint density at radius 2 is 1.79 bits per heavy atom. The van der Waals surface area contributed by atoms with Gasteiger partial charge >= 0.3 is 0 Å². The summed E-state index contributed by atoms with van der Waals surface area (Å²) in [6.07, 6.45) is 5.73. The summed E-state index contributed by atoms with van der Waals surface area (Å²) in [5.74, 6) is 1.83. The highest BCUT2D eigenvalue weighted by molar-refractivity contribution is 6.33. The second-order valence-electron chi connectivity index (χ2n) is 8.02. The molecule has 0 amide bonds. The molecule has 0 saturated carbocycles. The highest BCUT2D eigenvalue weighted by Crippen LogP contribution is 2.51. The molecule has 146 valence electrons. The first kappa shape index (κ1) is 18.3. The van der Waals surface area contributed by atoms with Crippen LogP contribution in [0.15, 0.2) is 78.9 Å². The van der Waals surface area contributed by atoms with E-state index in [-0.39, 0.29) is 6.04 Å². The number of allylic oxidation sites excluding steroid dienone is 2. The van der Waals surface area contributed by atoms with Gasteiger partial charge in [-0.1, -0.05) is 77.8 Å². The first-order valence-corrected chi connectivity index (χ1v) is 10.6. The first-order valence-electron chi connectivity index (χ1n) is 10.2. The van der Waals surface area contributed by atoms with Crippen LogP contribution in [0.1, 0.15) is 40.6 Å². The molecule has 0 bridgehead atoms. The molecule has 1 aliphatic heterocycles. The molecule has 29 heavy (non-hydrogen) atoms. The lowest BCUT2D eigenvalue weighted by Gasteiger charge is -2.38. The smallest absolute Gasteiger partial charge is 0.119 e. The SMILES string of the molecule is Cc1ccc(COc2ccc([C@H]3Nc4c(Cl)cccc4[C@@H]4C=CC[C@H]34)cc2)cc1. The molecular formula is C26H24ClNO. The summed E-state index contributed by atoms with van der Waals surface area (Å²) < 4.78 is 5.98. The van der Waals surface area contributed by atoms with Gasteiger partial charge in [-0.15, -0.1) is 0 Å². The van der Waals surface area contributed by atoms with Crippen molar-refractivity contribution in [3.05, 3.63) is 106 Å². The molecule has 5 rings (SSSR count). The molecule has 0 saturated heterocycles. The topological polar surface area (TPSA) is 21.3 Å². The lowest BCUT2D eigenvalue weighted by Crippen LogP contribution is -2.29. The lowest BCUT2D eigenvalue weighted by molar-refractivity contribution is 0.306. The third-order valence-electron chi connectivity index (χ3n) is 6.11. The first-order chi connectivity index (χ1) is 14.2. The summed E-state index contributed by atoms with van der Waals surface area (Å²) in [4.78, 5) is 0. The van der Waals surface area contributed by atoms with Crippen molar-refractivity contribution in [1.29, 1.82) is 0 Å². The van der Waals surface area contributed by atoms with Crippen molar-refractivity contribution in [3.8, 4) is 5.75 Å². The van der Waals surface area contributed by atoms with E-state index in [0.29, 0.717) is 18.4 Å². The van der Waals surface area contributed by atoms with Crippen LogP contribution in [0.3, 0.4) is 0 Å². The van der Waals surface area contributed by atoms with Gasteiger partial charge in [0.2, 0.25) is 0 Å². The van der Waals surface area contributed by atoms with Gasteiger partial charge in [0.25, 0.3) is 0 Å². The Balaban J connectivity index is 1.34. The maximum Gasteiger partial charge on any atom is 0.119 e. The molecule has 0 radical (unpaired) electrons. The van der Waals surface area contributed by atoms with E-state index in [2.05, 4.69) is 79.0 Å². The number of aryl methyl sites for hydroxylation is 1. The van der Waals surface area contributed by atoms with E-state index in [1.807, 2.05) is 12.1 Å². The number of halogens is 1. The van der Waals surface area contributed by atoms with Gasteiger partial charge in [0.15, 0.2) is 0 Å². The summed E-state index contributed by atoms with van der Waals surface area (Å²) in [5.41, 5.74) is 6.10. The van der Waals surface area contributed by atoms with Crippen LogP contribution in [0.2, 0.25) is 5.02 Å². The van der Waals surface area contributed by atoms with Crippen molar-refractivity contribution in [2.45, 2.75) is 31.9 Å². The van der Waals surface area contributed by atoms with E-state index in [9.17, 15) is 0 Å². The molecule has 2 aliphatic rings. The minimum Gasteiger partial charge on any atom is -0.489 e. The number of anilines is 1. The Kier molecular flexibility index (Phi) is 4.81. The van der Waals surface area contributed by atoms with Crippen molar-refractivity contribution in [2.24, 2.45) is 5.92 Å². The van der Waals surface area contributed by atoms with Gasteiger partial charge in [-0.2, -0.15) is 0 Å². The van der Waals surface area contributed by atoms with Crippen LogP contribution in [-0.2, 0) is 6.61 Å². The Morgan fingerprint density at radius 3 is 2.59 bits per heavy atom. The number of para-hydroxylation sites is 1. The zero-order valence-electron chi connectivity index (χ0n) is 16.4. The lowest BCUT2D eigenvalue weighted by atomic mass is 9.77. The van der Waals surface area contributed by atoms with Crippen molar-refractivity contribution < 1.29 is 4.74 Å². The van der Waals surface area contributed by atoms with Gasteiger partial charge in [-0.25, -0.2) is 0 Å². The fourth-order valence-corrected chi connectivity index (χ4v) is 4.77. The Labute approximate surface area is 177 Å². The summed E-state index contributed by atoms with van der Waals surface area (Å²) >= 11 is 6.51. The Morgan fingerprint density at radius 1 is 1.00 bits per heavy atom. The largest absolute Gasteiger partial charge is 0.489 e. The predicted molar refractivity (Wildman–Crippen MR) is 120 cm³/mol. The van der Waals surface area contributed by atoms with E-state index in [1.54, 1.807) is 0 Å². The molecule has 1 aliphatic carbocycles. The van der Waals surface area contributed by atoms with Gasteiger partial charge in [-0.05, 0) is 54.2 Å². The quantitative estimate of drug-likeness (QED) is 0.472. The molecule has 0 spiro atoms. The van der Waals surface area contributed by atoms with Gasteiger partial charge in [-0.3, -0.25) is 0 Å². The molecule has 1 heterocycles. The molecule has 0 unspecified atom stereocenters. The van der Waals surface area contributed by atoms with E-state index in [4.69, 9.17) is 16.3 Å². The zero-order chi connectivity index (χ0) is 19.8. The van der Waals surface area contributed by atoms with Crippen LogP contribution in [0, 0.1) is 12.8 Å². The van der Waals surface area contributed by atoms with Crippen molar-refractivity contribution in [3.63, 3.8) is 0 Å². The number of benzene rings is 3. The van der Waals surface area contributed by atoms with Gasteiger partial charge in [0.1, 0.15) is 12.4 Å². The van der Waals surface area contributed by atoms with E-state index in [1.165, 1.54) is 22.3 Å². The van der Waals surface area contributed by atoms with Crippen LogP contribution in [0.5, 0.6) is 5.75 Å². The molecule has 0 fully saturated rings. The summed E-state index contributed by atoms with van der Waals surface area (Å²) in [6, 6.07) is 23.4. The predicted octanol–water partition coefficient (Wildman–Crippen LogP) is 7.05. The fourth-order valence-electron chi connectivity index (χ4n) is 4.54. The van der Waals surface area contributed by atoms with E-state index < -0.39 is 0 Å². The van der Waals surface area contributed by atoms with Crippen LogP contribution in [-0.4, -0.2) is 0 Å². The molecule has 3 aromatic carbocycles. The summed E-state index contributed by atoms with van der Waals surface area (Å²) in [5, 5.41) is 4.52. The van der Waals surface area contributed by atoms with Crippen LogP contribution in [0.25, 0.3) is 0 Å².